The number of hydrogen-bond acceptors (Lipinski definition) is 3. The van der Waals surface area contributed by atoms with Crippen molar-refractivity contribution in [2.24, 2.45) is 10.9 Å². The van der Waals surface area contributed by atoms with Crippen LogP contribution in [0.25, 0.3) is 0 Å². The van der Waals surface area contributed by atoms with Crippen LogP contribution in [0.3, 0.4) is 0 Å². The van der Waals surface area contributed by atoms with Gasteiger partial charge in [0.1, 0.15) is 0 Å². The van der Waals surface area contributed by atoms with E-state index in [0.717, 1.165) is 11.1 Å². The fourth-order valence-electron chi connectivity index (χ4n) is 1.12. The number of carbonyl (C=O) groups is 1. The highest BCUT2D eigenvalue weighted by atomic mass is 16.2. The summed E-state index contributed by atoms with van der Waals surface area (Å²) in [4.78, 5) is 19.3. The molecule has 0 spiro atoms. The molecule has 0 heterocycles. The van der Waals surface area contributed by atoms with Crippen LogP contribution in [0.1, 0.15) is 21.5 Å². The molecule has 0 aliphatic carbocycles. The molecule has 1 amide bonds. The number of amides is 1. The largest absolute Gasteiger partial charge is 0.366 e. The Morgan fingerprint density at radius 2 is 1.57 bits per heavy atom. The molecular weight excluding hydrogens is 180 g/mol. The van der Waals surface area contributed by atoms with Crippen molar-refractivity contribution in [1.29, 1.82) is 0 Å². The zero-order chi connectivity index (χ0) is 11.1. The molecule has 0 bridgehead atoms. The Balaban J connectivity index is 0.000000500. The molecule has 76 valence electrons. The first-order chi connectivity index (χ1) is 6.51. The number of nitroso groups, excluding NO2 is 1. The van der Waals surface area contributed by atoms with Crippen molar-refractivity contribution in [3.8, 4) is 0 Å². The van der Waals surface area contributed by atoms with Crippen LogP contribution < -0.4 is 5.73 Å². The third kappa shape index (κ3) is 4.35. The molecule has 4 heteroatoms. The monoisotopic (exact) mass is 194 g/mol. The third-order valence-corrected chi connectivity index (χ3v) is 1.51. The molecule has 0 aromatic heterocycles. The SMILES string of the molecule is CN=O.Cc1cc(C)cc(C(N)=O)c1. The minimum Gasteiger partial charge on any atom is -0.366 e. The maximum Gasteiger partial charge on any atom is 0.248 e. The highest BCUT2D eigenvalue weighted by Gasteiger charge is 1.99. The average molecular weight is 194 g/mol. The van der Waals surface area contributed by atoms with Crippen molar-refractivity contribution in [3.05, 3.63) is 39.8 Å². The van der Waals surface area contributed by atoms with Gasteiger partial charge < -0.3 is 5.73 Å². The minimum atomic E-state index is -0.364. The van der Waals surface area contributed by atoms with E-state index in [1.165, 1.54) is 7.05 Å². The molecule has 2 N–H and O–H groups in total. The van der Waals surface area contributed by atoms with Gasteiger partial charge in [-0.25, -0.2) is 0 Å². The Morgan fingerprint density at radius 3 is 1.86 bits per heavy atom. The Bertz CT molecular complexity index is 315. The molecule has 1 aromatic carbocycles. The van der Waals surface area contributed by atoms with Gasteiger partial charge in [0.25, 0.3) is 0 Å². The summed E-state index contributed by atoms with van der Waals surface area (Å²) in [5.74, 6) is -0.364. The lowest BCUT2D eigenvalue weighted by Gasteiger charge is -1.99. The van der Waals surface area contributed by atoms with Crippen LogP contribution in [0.5, 0.6) is 0 Å². The average Bonchev–Trinajstić information content (AvgIpc) is 2.03. The van der Waals surface area contributed by atoms with E-state index in [1.807, 2.05) is 19.9 Å². The molecule has 0 fully saturated rings. The molecule has 0 unspecified atom stereocenters. The number of benzene rings is 1. The van der Waals surface area contributed by atoms with Crippen LogP contribution >= 0.6 is 0 Å². The summed E-state index contributed by atoms with van der Waals surface area (Å²) in [6.45, 7) is 3.89. The Hall–Kier alpha value is -1.71. The van der Waals surface area contributed by atoms with Crippen LogP contribution in [-0.4, -0.2) is 13.0 Å². The van der Waals surface area contributed by atoms with Crippen LogP contribution in [0, 0.1) is 18.8 Å². The van der Waals surface area contributed by atoms with Crippen molar-refractivity contribution >= 4 is 5.91 Å². The predicted octanol–water partition coefficient (Wildman–Crippen LogP) is 1.78. The molecule has 14 heavy (non-hydrogen) atoms. The fraction of sp³-hybridized carbons (Fsp3) is 0.300. The number of hydrogen-bond donors (Lipinski definition) is 1. The number of rotatable bonds is 1. The van der Waals surface area contributed by atoms with E-state index in [0.29, 0.717) is 5.56 Å². The zero-order valence-corrected chi connectivity index (χ0v) is 8.57. The predicted molar refractivity (Wildman–Crippen MR) is 56.2 cm³/mol. The van der Waals surface area contributed by atoms with E-state index in [9.17, 15) is 4.79 Å². The van der Waals surface area contributed by atoms with E-state index >= 15 is 0 Å². The molecule has 0 saturated heterocycles. The first kappa shape index (κ1) is 12.3. The lowest BCUT2D eigenvalue weighted by Crippen LogP contribution is -2.11. The van der Waals surface area contributed by atoms with E-state index < -0.39 is 0 Å². The van der Waals surface area contributed by atoms with E-state index in [2.05, 4.69) is 5.18 Å². The summed E-state index contributed by atoms with van der Waals surface area (Å²) in [5, 5.41) is 2.25. The molecule has 0 aliphatic heterocycles. The minimum absolute atomic E-state index is 0.364. The standard InChI is InChI=1S/C9H11NO.CH3NO/c1-6-3-7(2)5-8(4-6)9(10)11;1-2-3/h3-5H,1-2H3,(H2,10,11);1H3. The molecule has 0 atom stereocenters. The van der Waals surface area contributed by atoms with E-state index in [-0.39, 0.29) is 5.91 Å². The van der Waals surface area contributed by atoms with Gasteiger partial charge in [-0.3, -0.25) is 4.79 Å². The molecular formula is C10H14N2O2. The van der Waals surface area contributed by atoms with Gasteiger partial charge in [-0.05, 0) is 26.0 Å². The summed E-state index contributed by atoms with van der Waals surface area (Å²) in [7, 11) is 1.19. The van der Waals surface area contributed by atoms with Gasteiger partial charge in [-0.15, -0.1) is 0 Å². The van der Waals surface area contributed by atoms with Crippen LogP contribution in [0.15, 0.2) is 23.4 Å². The van der Waals surface area contributed by atoms with Crippen LogP contribution in [0.2, 0.25) is 0 Å². The second-order valence-electron chi connectivity index (χ2n) is 2.92. The number of primary amides is 1. The lowest BCUT2D eigenvalue weighted by atomic mass is 10.1. The molecule has 1 aromatic rings. The maximum absolute atomic E-state index is 10.7. The smallest absolute Gasteiger partial charge is 0.248 e. The summed E-state index contributed by atoms with van der Waals surface area (Å²) in [6.07, 6.45) is 0. The van der Waals surface area contributed by atoms with Gasteiger partial charge in [0.15, 0.2) is 0 Å². The number of aryl methyl sites for hydroxylation is 2. The first-order valence-electron chi connectivity index (χ1n) is 4.10. The molecule has 0 aliphatic rings. The summed E-state index contributed by atoms with van der Waals surface area (Å²) in [6, 6.07) is 5.58. The fourth-order valence-corrected chi connectivity index (χ4v) is 1.12. The van der Waals surface area contributed by atoms with Crippen molar-refractivity contribution in [3.63, 3.8) is 0 Å². The number of nitrogens with zero attached hydrogens (tertiary/aromatic N) is 1. The van der Waals surface area contributed by atoms with Crippen molar-refractivity contribution < 1.29 is 4.79 Å². The maximum atomic E-state index is 10.7. The number of carbonyl (C=O) groups excluding carboxylic acids is 1. The molecule has 4 nitrogen and oxygen atoms in total. The van der Waals surface area contributed by atoms with Gasteiger partial charge in [-0.2, -0.15) is 4.91 Å². The Morgan fingerprint density at radius 1 is 1.21 bits per heavy atom. The lowest BCUT2D eigenvalue weighted by molar-refractivity contribution is 0.1000. The topological polar surface area (TPSA) is 72.5 Å². The first-order valence-corrected chi connectivity index (χ1v) is 4.10. The second-order valence-corrected chi connectivity index (χ2v) is 2.92. The van der Waals surface area contributed by atoms with E-state index in [1.54, 1.807) is 12.1 Å². The van der Waals surface area contributed by atoms with Gasteiger partial charge in [-0.1, -0.05) is 22.4 Å². The van der Waals surface area contributed by atoms with Gasteiger partial charge in [0.05, 0.1) is 7.05 Å². The summed E-state index contributed by atoms with van der Waals surface area (Å²) < 4.78 is 0. The quantitative estimate of drug-likeness (QED) is 0.692. The molecule has 0 saturated carbocycles. The normalized spacial score (nSPS) is 8.50. The Labute approximate surface area is 83.1 Å². The third-order valence-electron chi connectivity index (χ3n) is 1.51. The van der Waals surface area contributed by atoms with Crippen LogP contribution in [-0.2, 0) is 0 Å². The highest BCUT2D eigenvalue weighted by Crippen LogP contribution is 2.07. The number of nitrogens with two attached hydrogens (primary N) is 1. The second kappa shape index (κ2) is 5.85. The summed E-state index contributed by atoms with van der Waals surface area (Å²) in [5.41, 5.74) is 7.83. The van der Waals surface area contributed by atoms with Crippen LogP contribution in [0.4, 0.5) is 0 Å². The molecule has 1 rings (SSSR count). The molecule has 0 radical (unpaired) electrons. The van der Waals surface area contributed by atoms with Gasteiger partial charge in [0.2, 0.25) is 5.91 Å². The summed E-state index contributed by atoms with van der Waals surface area (Å²) >= 11 is 0. The van der Waals surface area contributed by atoms with Gasteiger partial charge >= 0.3 is 0 Å². The van der Waals surface area contributed by atoms with Crippen molar-refractivity contribution in [1.82, 2.24) is 0 Å². The Kier molecular flexibility index (Phi) is 5.14. The van der Waals surface area contributed by atoms with Crippen molar-refractivity contribution in [2.75, 3.05) is 7.05 Å². The van der Waals surface area contributed by atoms with E-state index in [4.69, 9.17) is 10.6 Å². The van der Waals surface area contributed by atoms with Gasteiger partial charge in [0, 0.05) is 5.56 Å². The zero-order valence-electron chi connectivity index (χ0n) is 8.57. The highest BCUT2D eigenvalue weighted by molar-refractivity contribution is 5.93. The van der Waals surface area contributed by atoms with Crippen molar-refractivity contribution in [2.45, 2.75) is 13.8 Å².